The normalized spacial score (nSPS) is 14.5. The van der Waals surface area contributed by atoms with E-state index in [4.69, 9.17) is 5.11 Å². The Hall–Kier alpha value is -0.110. The number of alkyl halides is 1. The van der Waals surface area contributed by atoms with Gasteiger partial charge in [0.1, 0.15) is 6.17 Å². The second-order valence-corrected chi connectivity index (χ2v) is 1.19. The molecule has 38 valence electrons. The van der Waals surface area contributed by atoms with E-state index in [1.807, 2.05) is 0 Å². The van der Waals surface area contributed by atoms with Crippen molar-refractivity contribution in [3.63, 3.8) is 0 Å². The standard InChI is InChI=1S/C4H9FO/c1-2-4(5)3-6/h4,6H,2-3H2,1H3/t4-/m1/s1. The van der Waals surface area contributed by atoms with Crippen molar-refractivity contribution >= 4 is 0 Å². The molecule has 1 nitrogen and oxygen atoms in total. The lowest BCUT2D eigenvalue weighted by molar-refractivity contribution is 0.174. The van der Waals surface area contributed by atoms with Crippen LogP contribution in [0.25, 0.3) is 0 Å². The zero-order valence-electron chi connectivity index (χ0n) is 3.82. The number of halogens is 1. The molecule has 1 atom stereocenters. The lowest BCUT2D eigenvalue weighted by Gasteiger charge is -1.93. The minimum Gasteiger partial charge on any atom is -0.393 e. The molecule has 0 saturated heterocycles. The van der Waals surface area contributed by atoms with Crippen LogP contribution in [0.15, 0.2) is 0 Å². The van der Waals surface area contributed by atoms with E-state index in [0.717, 1.165) is 0 Å². The highest BCUT2D eigenvalue weighted by atomic mass is 19.1. The van der Waals surface area contributed by atoms with E-state index in [2.05, 4.69) is 0 Å². The average molecular weight is 92.1 g/mol. The van der Waals surface area contributed by atoms with Gasteiger partial charge >= 0.3 is 0 Å². The first kappa shape index (κ1) is 5.89. The first-order chi connectivity index (χ1) is 2.81. The Balaban J connectivity index is 2.75. The van der Waals surface area contributed by atoms with Gasteiger partial charge in [-0.05, 0) is 6.42 Å². The van der Waals surface area contributed by atoms with E-state index in [-0.39, 0.29) is 6.61 Å². The molecule has 0 amide bonds. The number of aliphatic hydroxyl groups is 1. The van der Waals surface area contributed by atoms with Crippen LogP contribution < -0.4 is 0 Å². The van der Waals surface area contributed by atoms with Crippen LogP contribution in [0.3, 0.4) is 0 Å². The highest BCUT2D eigenvalue weighted by Gasteiger charge is 1.95. The van der Waals surface area contributed by atoms with Crippen LogP contribution >= 0.6 is 0 Å². The van der Waals surface area contributed by atoms with E-state index in [1.165, 1.54) is 0 Å². The lowest BCUT2D eigenvalue weighted by Crippen LogP contribution is -2.01. The fourth-order valence-electron chi connectivity index (χ4n) is 0.129. The Kier molecular flexibility index (Phi) is 3.04. The van der Waals surface area contributed by atoms with Crippen molar-refractivity contribution in [2.75, 3.05) is 6.61 Å². The maximum Gasteiger partial charge on any atom is 0.123 e. The zero-order chi connectivity index (χ0) is 4.99. The van der Waals surface area contributed by atoms with Gasteiger partial charge in [0.05, 0.1) is 6.61 Å². The summed E-state index contributed by atoms with van der Waals surface area (Å²) in [5.41, 5.74) is 0. The van der Waals surface area contributed by atoms with Gasteiger partial charge in [-0.3, -0.25) is 0 Å². The van der Waals surface area contributed by atoms with E-state index < -0.39 is 6.17 Å². The zero-order valence-corrected chi connectivity index (χ0v) is 3.82. The molecule has 0 fully saturated rings. The summed E-state index contributed by atoms with van der Waals surface area (Å²) in [5, 5.41) is 7.96. The minimum absolute atomic E-state index is 0.337. The predicted molar refractivity (Wildman–Crippen MR) is 22.3 cm³/mol. The van der Waals surface area contributed by atoms with Crippen molar-refractivity contribution in [2.24, 2.45) is 0 Å². The van der Waals surface area contributed by atoms with Crippen molar-refractivity contribution in [3.8, 4) is 0 Å². The third-order valence-electron chi connectivity index (χ3n) is 0.641. The topological polar surface area (TPSA) is 20.2 Å². The Morgan fingerprint density at radius 3 is 2.33 bits per heavy atom. The van der Waals surface area contributed by atoms with E-state index in [1.54, 1.807) is 6.92 Å². The molecule has 0 aromatic heterocycles. The molecule has 0 aromatic rings. The maximum absolute atomic E-state index is 11.6. The summed E-state index contributed by atoms with van der Waals surface area (Å²) in [6.07, 6.45) is -0.596. The van der Waals surface area contributed by atoms with Crippen molar-refractivity contribution in [2.45, 2.75) is 19.5 Å². The van der Waals surface area contributed by atoms with Crippen molar-refractivity contribution in [3.05, 3.63) is 0 Å². The van der Waals surface area contributed by atoms with Gasteiger partial charge in [0.2, 0.25) is 0 Å². The first-order valence-corrected chi connectivity index (χ1v) is 2.06. The van der Waals surface area contributed by atoms with E-state index in [9.17, 15) is 4.39 Å². The molecular weight excluding hydrogens is 83.0 g/mol. The molecule has 0 bridgehead atoms. The van der Waals surface area contributed by atoms with Gasteiger partial charge in [-0.15, -0.1) is 0 Å². The SMILES string of the molecule is CC[C@@H](F)CO. The van der Waals surface area contributed by atoms with Gasteiger partial charge in [0, 0.05) is 0 Å². The third-order valence-corrected chi connectivity index (χ3v) is 0.641. The molecule has 0 saturated carbocycles. The Morgan fingerprint density at radius 1 is 1.83 bits per heavy atom. The highest BCUT2D eigenvalue weighted by Crippen LogP contribution is 1.91. The summed E-state index contributed by atoms with van der Waals surface area (Å²) >= 11 is 0. The van der Waals surface area contributed by atoms with Crippen LogP contribution in [0.5, 0.6) is 0 Å². The Labute approximate surface area is 36.8 Å². The summed E-state index contributed by atoms with van der Waals surface area (Å²) in [4.78, 5) is 0. The quantitative estimate of drug-likeness (QED) is 0.532. The van der Waals surface area contributed by atoms with Crippen molar-refractivity contribution < 1.29 is 9.50 Å². The Bertz CT molecular complexity index is 26.7. The molecule has 0 aliphatic carbocycles. The van der Waals surface area contributed by atoms with Crippen LogP contribution in [-0.2, 0) is 0 Å². The van der Waals surface area contributed by atoms with Gasteiger partial charge < -0.3 is 5.11 Å². The lowest BCUT2D eigenvalue weighted by atomic mass is 10.3. The van der Waals surface area contributed by atoms with Gasteiger partial charge in [-0.25, -0.2) is 4.39 Å². The summed E-state index contributed by atoms with van der Waals surface area (Å²) in [6.45, 7) is 1.36. The van der Waals surface area contributed by atoms with Crippen LogP contribution in [0.4, 0.5) is 4.39 Å². The summed E-state index contributed by atoms with van der Waals surface area (Å²) in [6, 6.07) is 0. The molecule has 6 heavy (non-hydrogen) atoms. The summed E-state index contributed by atoms with van der Waals surface area (Å²) in [5.74, 6) is 0. The molecule has 0 aliphatic rings. The van der Waals surface area contributed by atoms with Crippen LogP contribution in [0, 0.1) is 0 Å². The molecule has 0 spiro atoms. The highest BCUT2D eigenvalue weighted by molar-refractivity contribution is 4.44. The number of hydrogen-bond acceptors (Lipinski definition) is 1. The molecule has 0 aliphatic heterocycles. The molecule has 0 unspecified atom stereocenters. The minimum atomic E-state index is -1.01. The summed E-state index contributed by atoms with van der Waals surface area (Å²) in [7, 11) is 0. The number of hydrogen-bond donors (Lipinski definition) is 1. The van der Waals surface area contributed by atoms with Gasteiger partial charge in [0.15, 0.2) is 0 Å². The fraction of sp³-hybridized carbons (Fsp3) is 1.00. The fourth-order valence-corrected chi connectivity index (χ4v) is 0.129. The largest absolute Gasteiger partial charge is 0.393 e. The number of aliphatic hydroxyl groups excluding tert-OH is 1. The molecule has 0 aromatic carbocycles. The first-order valence-electron chi connectivity index (χ1n) is 2.06. The second kappa shape index (κ2) is 3.09. The molecular formula is C4H9FO. The molecule has 0 heterocycles. The average Bonchev–Trinajstić information content (AvgIpc) is 1.65. The number of rotatable bonds is 2. The Morgan fingerprint density at radius 2 is 2.33 bits per heavy atom. The second-order valence-electron chi connectivity index (χ2n) is 1.19. The van der Waals surface area contributed by atoms with Gasteiger partial charge in [-0.1, -0.05) is 6.92 Å². The van der Waals surface area contributed by atoms with Crippen LogP contribution in [0.1, 0.15) is 13.3 Å². The van der Waals surface area contributed by atoms with Crippen LogP contribution in [-0.4, -0.2) is 17.9 Å². The van der Waals surface area contributed by atoms with Crippen molar-refractivity contribution in [1.29, 1.82) is 0 Å². The predicted octanol–water partition coefficient (Wildman–Crippen LogP) is 0.727. The molecule has 0 rings (SSSR count). The van der Waals surface area contributed by atoms with Gasteiger partial charge in [-0.2, -0.15) is 0 Å². The van der Waals surface area contributed by atoms with E-state index >= 15 is 0 Å². The molecule has 0 radical (unpaired) electrons. The van der Waals surface area contributed by atoms with Crippen molar-refractivity contribution in [1.82, 2.24) is 0 Å². The van der Waals surface area contributed by atoms with Crippen LogP contribution in [0.2, 0.25) is 0 Å². The van der Waals surface area contributed by atoms with E-state index in [0.29, 0.717) is 6.42 Å². The molecule has 2 heteroatoms. The summed E-state index contributed by atoms with van der Waals surface area (Å²) < 4.78 is 11.6. The smallest absolute Gasteiger partial charge is 0.123 e. The maximum atomic E-state index is 11.6. The third kappa shape index (κ3) is 2.15. The monoisotopic (exact) mass is 92.1 g/mol. The molecule has 1 N–H and O–H groups in total. The van der Waals surface area contributed by atoms with Gasteiger partial charge in [0.25, 0.3) is 0 Å².